The van der Waals surface area contributed by atoms with Gasteiger partial charge in [-0.05, 0) is 31.6 Å². The summed E-state index contributed by atoms with van der Waals surface area (Å²) in [4.78, 5) is 12.3. The van der Waals surface area contributed by atoms with Crippen LogP contribution in [0.15, 0.2) is 0 Å². The number of ether oxygens (including phenoxy) is 1. The Bertz CT molecular complexity index is 263. The van der Waals surface area contributed by atoms with E-state index in [1.54, 1.807) is 7.11 Å². The van der Waals surface area contributed by atoms with Gasteiger partial charge >= 0.3 is 0 Å². The first-order valence-corrected chi connectivity index (χ1v) is 6.69. The number of hydrogen-bond donors (Lipinski definition) is 3. The third-order valence-electron chi connectivity index (χ3n) is 4.03. The topological polar surface area (TPSA) is 84.6 Å². The van der Waals surface area contributed by atoms with Gasteiger partial charge in [-0.2, -0.15) is 0 Å². The molecule has 0 aromatic heterocycles. The summed E-state index contributed by atoms with van der Waals surface area (Å²) in [6.45, 7) is 2.78. The van der Waals surface area contributed by atoms with Gasteiger partial charge in [0.05, 0.1) is 24.7 Å². The average Bonchev–Trinajstić information content (AvgIpc) is 2.39. The number of nitrogens with one attached hydrogen (secondary N) is 1. The van der Waals surface area contributed by atoms with Crippen molar-refractivity contribution in [2.24, 2.45) is 17.1 Å². The summed E-state index contributed by atoms with van der Waals surface area (Å²) in [6.07, 6.45) is 3.75. The van der Waals surface area contributed by atoms with Gasteiger partial charge in [-0.3, -0.25) is 4.79 Å². The molecule has 1 amide bonds. The van der Waals surface area contributed by atoms with E-state index in [4.69, 9.17) is 10.5 Å². The zero-order valence-electron chi connectivity index (χ0n) is 11.4. The van der Waals surface area contributed by atoms with Crippen molar-refractivity contribution < 1.29 is 14.6 Å². The second kappa shape index (κ2) is 7.07. The van der Waals surface area contributed by atoms with Gasteiger partial charge in [-0.15, -0.1) is 0 Å². The van der Waals surface area contributed by atoms with Crippen molar-refractivity contribution in [3.05, 3.63) is 0 Å². The average molecular weight is 258 g/mol. The van der Waals surface area contributed by atoms with Crippen LogP contribution in [0.1, 0.15) is 32.6 Å². The molecular weight excluding hydrogens is 232 g/mol. The van der Waals surface area contributed by atoms with Crippen molar-refractivity contribution in [2.75, 3.05) is 26.9 Å². The lowest BCUT2D eigenvalue weighted by molar-refractivity contribution is -0.134. The Hall–Kier alpha value is -0.650. The molecular formula is C13H26N2O3. The van der Waals surface area contributed by atoms with Gasteiger partial charge in [0.2, 0.25) is 5.91 Å². The van der Waals surface area contributed by atoms with Crippen LogP contribution >= 0.6 is 0 Å². The number of methoxy groups -OCH3 is 1. The van der Waals surface area contributed by atoms with E-state index in [1.165, 1.54) is 0 Å². The van der Waals surface area contributed by atoms with Gasteiger partial charge in [-0.1, -0.05) is 6.92 Å². The molecule has 1 aliphatic carbocycles. The summed E-state index contributed by atoms with van der Waals surface area (Å²) in [6, 6.07) is -0.342. The number of aliphatic hydroxyl groups excluding tert-OH is 1. The predicted octanol–water partition coefficient (Wildman–Crippen LogP) is 0.265. The van der Waals surface area contributed by atoms with Crippen LogP contribution < -0.4 is 11.1 Å². The number of amides is 1. The van der Waals surface area contributed by atoms with Gasteiger partial charge in [0.1, 0.15) is 0 Å². The maximum absolute atomic E-state index is 12.3. The molecule has 0 radical (unpaired) electrons. The number of nitrogens with two attached hydrogens (primary N) is 1. The van der Waals surface area contributed by atoms with Gasteiger partial charge in [0.25, 0.3) is 0 Å². The molecule has 4 N–H and O–H groups in total. The summed E-state index contributed by atoms with van der Waals surface area (Å²) in [5.41, 5.74) is 5.37. The first-order valence-electron chi connectivity index (χ1n) is 6.69. The molecule has 1 unspecified atom stereocenters. The van der Waals surface area contributed by atoms with Crippen molar-refractivity contribution in [2.45, 2.75) is 38.6 Å². The highest BCUT2D eigenvalue weighted by Gasteiger charge is 2.40. The molecule has 5 heteroatoms. The highest BCUT2D eigenvalue weighted by atomic mass is 16.5. The lowest BCUT2D eigenvalue weighted by atomic mass is 9.70. The zero-order chi connectivity index (χ0) is 13.6. The molecule has 1 aliphatic rings. The molecule has 0 aliphatic heterocycles. The fourth-order valence-corrected chi connectivity index (χ4v) is 2.52. The van der Waals surface area contributed by atoms with E-state index in [2.05, 4.69) is 12.2 Å². The fraction of sp³-hybridized carbons (Fsp3) is 0.923. The highest BCUT2D eigenvalue weighted by Crippen LogP contribution is 2.38. The minimum absolute atomic E-state index is 0.0343. The Morgan fingerprint density at radius 2 is 2.17 bits per heavy atom. The van der Waals surface area contributed by atoms with Gasteiger partial charge < -0.3 is 20.9 Å². The normalized spacial score (nSPS) is 29.9. The maximum atomic E-state index is 12.3. The summed E-state index contributed by atoms with van der Waals surface area (Å²) in [7, 11) is 1.55. The molecule has 106 valence electrons. The highest BCUT2D eigenvalue weighted by molar-refractivity contribution is 5.83. The van der Waals surface area contributed by atoms with Crippen LogP contribution in [0.4, 0.5) is 0 Å². The van der Waals surface area contributed by atoms with E-state index >= 15 is 0 Å². The third-order valence-corrected chi connectivity index (χ3v) is 4.03. The second-order valence-electron chi connectivity index (χ2n) is 5.48. The standard InChI is InChI=1S/C13H26N2O3/c1-10-3-5-13(9-14,6-4-10)12(17)15-11(7-16)8-18-2/h10-11,16H,3-9,14H2,1-2H3,(H,15,17). The number of aliphatic hydroxyl groups is 1. The molecule has 0 saturated heterocycles. The lowest BCUT2D eigenvalue weighted by Gasteiger charge is -2.38. The maximum Gasteiger partial charge on any atom is 0.227 e. The Balaban J connectivity index is 2.61. The Morgan fingerprint density at radius 3 is 2.61 bits per heavy atom. The van der Waals surface area contributed by atoms with E-state index in [0.717, 1.165) is 25.7 Å². The molecule has 18 heavy (non-hydrogen) atoms. The Labute approximate surface area is 109 Å². The van der Waals surface area contributed by atoms with Crippen molar-refractivity contribution in [1.82, 2.24) is 5.32 Å². The van der Waals surface area contributed by atoms with E-state index in [9.17, 15) is 9.90 Å². The van der Waals surface area contributed by atoms with E-state index in [0.29, 0.717) is 19.1 Å². The molecule has 0 aromatic carbocycles. The monoisotopic (exact) mass is 258 g/mol. The van der Waals surface area contributed by atoms with Crippen LogP contribution in [-0.4, -0.2) is 43.9 Å². The van der Waals surface area contributed by atoms with E-state index in [1.807, 2.05) is 0 Å². The van der Waals surface area contributed by atoms with Crippen LogP contribution in [0.3, 0.4) is 0 Å². The molecule has 1 saturated carbocycles. The first kappa shape index (κ1) is 15.4. The smallest absolute Gasteiger partial charge is 0.227 e. The van der Waals surface area contributed by atoms with Gasteiger partial charge in [0.15, 0.2) is 0 Å². The molecule has 0 spiro atoms. The van der Waals surface area contributed by atoms with Crippen LogP contribution in [0, 0.1) is 11.3 Å². The summed E-state index contributed by atoms with van der Waals surface area (Å²) in [5, 5.41) is 12.0. The Morgan fingerprint density at radius 1 is 1.56 bits per heavy atom. The minimum Gasteiger partial charge on any atom is -0.394 e. The number of carbonyl (C=O) groups is 1. The summed E-state index contributed by atoms with van der Waals surface area (Å²) >= 11 is 0. The summed E-state index contributed by atoms with van der Waals surface area (Å²) < 4.78 is 4.96. The number of carbonyl (C=O) groups excluding carboxylic acids is 1. The van der Waals surface area contributed by atoms with Crippen molar-refractivity contribution in [1.29, 1.82) is 0 Å². The molecule has 5 nitrogen and oxygen atoms in total. The molecule has 1 atom stereocenters. The molecule has 0 bridgehead atoms. The SMILES string of the molecule is COCC(CO)NC(=O)C1(CN)CCC(C)CC1. The van der Waals surface area contributed by atoms with E-state index in [-0.39, 0.29) is 18.6 Å². The largest absolute Gasteiger partial charge is 0.394 e. The van der Waals surface area contributed by atoms with Crippen LogP contribution in [0.25, 0.3) is 0 Å². The van der Waals surface area contributed by atoms with Crippen LogP contribution in [0.5, 0.6) is 0 Å². The Kier molecular flexibility index (Phi) is 6.05. The molecule has 0 aromatic rings. The van der Waals surface area contributed by atoms with Gasteiger partial charge in [0, 0.05) is 13.7 Å². The number of hydrogen-bond acceptors (Lipinski definition) is 4. The van der Waals surface area contributed by atoms with Crippen molar-refractivity contribution in [3.63, 3.8) is 0 Å². The van der Waals surface area contributed by atoms with Crippen LogP contribution in [-0.2, 0) is 9.53 Å². The van der Waals surface area contributed by atoms with Crippen molar-refractivity contribution >= 4 is 5.91 Å². The summed E-state index contributed by atoms with van der Waals surface area (Å²) in [5.74, 6) is 0.637. The van der Waals surface area contributed by atoms with Crippen molar-refractivity contribution in [3.8, 4) is 0 Å². The minimum atomic E-state index is -0.451. The molecule has 1 rings (SSSR count). The van der Waals surface area contributed by atoms with E-state index < -0.39 is 5.41 Å². The second-order valence-corrected chi connectivity index (χ2v) is 5.48. The predicted molar refractivity (Wildman–Crippen MR) is 70.0 cm³/mol. The zero-order valence-corrected chi connectivity index (χ0v) is 11.4. The van der Waals surface area contributed by atoms with Gasteiger partial charge in [-0.25, -0.2) is 0 Å². The lowest BCUT2D eigenvalue weighted by Crippen LogP contribution is -2.52. The first-order chi connectivity index (χ1) is 8.57. The van der Waals surface area contributed by atoms with Crippen LogP contribution in [0.2, 0.25) is 0 Å². The quantitative estimate of drug-likeness (QED) is 0.638. The fourth-order valence-electron chi connectivity index (χ4n) is 2.52. The third kappa shape index (κ3) is 3.67. The number of rotatable bonds is 6. The molecule has 1 fully saturated rings. The molecule has 0 heterocycles.